The second-order valence-electron chi connectivity index (χ2n) is 5.39. The number of aromatic nitrogens is 4. The van der Waals surface area contributed by atoms with Gasteiger partial charge in [-0.3, -0.25) is 5.10 Å². The molecule has 0 aromatic carbocycles. The van der Waals surface area contributed by atoms with Crippen LogP contribution in [0, 0.1) is 0 Å². The number of aromatic amines is 1. The van der Waals surface area contributed by atoms with E-state index in [1.807, 2.05) is 0 Å². The molecule has 2 heterocycles. The van der Waals surface area contributed by atoms with Crippen LogP contribution in [0.4, 0.5) is 0 Å². The summed E-state index contributed by atoms with van der Waals surface area (Å²) in [5.74, 6) is 1.32. The first-order valence-electron chi connectivity index (χ1n) is 6.38. The van der Waals surface area contributed by atoms with Crippen molar-refractivity contribution in [3.05, 3.63) is 16.0 Å². The van der Waals surface area contributed by atoms with Crippen molar-refractivity contribution in [1.82, 2.24) is 20.3 Å². The number of nitrogens with one attached hydrogen (secondary N) is 1. The van der Waals surface area contributed by atoms with Gasteiger partial charge in [-0.1, -0.05) is 19.0 Å². The Balaban J connectivity index is 1.95. The molecule has 0 aliphatic heterocycles. The first kappa shape index (κ1) is 12.8. The maximum Gasteiger partial charge on any atom is 0.279 e. The largest absolute Gasteiger partial charge is 0.332 e. The molecule has 102 valence electrons. The Morgan fingerprint density at radius 3 is 2.68 bits per heavy atom. The molecular formula is C12H16BrN5O. The number of hydrogen-bond donors (Lipinski definition) is 2. The molecular weight excluding hydrogens is 310 g/mol. The Labute approximate surface area is 119 Å². The third-order valence-corrected chi connectivity index (χ3v) is 4.43. The zero-order chi connectivity index (χ0) is 13.6. The average molecular weight is 326 g/mol. The van der Waals surface area contributed by atoms with Gasteiger partial charge in [-0.2, -0.15) is 10.1 Å². The molecule has 19 heavy (non-hydrogen) atoms. The number of hydrogen-bond acceptors (Lipinski definition) is 5. The molecule has 2 aromatic heterocycles. The van der Waals surface area contributed by atoms with Crippen molar-refractivity contribution in [3.63, 3.8) is 0 Å². The number of nitrogens with two attached hydrogens (primary N) is 1. The van der Waals surface area contributed by atoms with Gasteiger partial charge in [0.1, 0.15) is 0 Å². The highest BCUT2D eigenvalue weighted by molar-refractivity contribution is 9.10. The third kappa shape index (κ3) is 2.01. The van der Waals surface area contributed by atoms with Crippen molar-refractivity contribution in [2.45, 2.75) is 44.6 Å². The fourth-order valence-corrected chi connectivity index (χ4v) is 2.97. The lowest BCUT2D eigenvalue weighted by molar-refractivity contribution is 0.229. The highest BCUT2D eigenvalue weighted by Gasteiger charge is 2.39. The lowest BCUT2D eigenvalue weighted by atomic mass is 9.77. The highest BCUT2D eigenvalue weighted by Crippen LogP contribution is 2.38. The van der Waals surface area contributed by atoms with Crippen molar-refractivity contribution in [2.75, 3.05) is 0 Å². The zero-order valence-corrected chi connectivity index (χ0v) is 12.5. The number of nitrogens with zero attached hydrogens (tertiary/aromatic N) is 3. The van der Waals surface area contributed by atoms with Crippen LogP contribution in [0.2, 0.25) is 0 Å². The summed E-state index contributed by atoms with van der Waals surface area (Å²) in [5, 5.41) is 11.2. The van der Waals surface area contributed by atoms with E-state index in [-0.39, 0.29) is 0 Å². The van der Waals surface area contributed by atoms with Crippen molar-refractivity contribution in [2.24, 2.45) is 5.73 Å². The van der Waals surface area contributed by atoms with Gasteiger partial charge in [-0.15, -0.1) is 0 Å². The summed E-state index contributed by atoms with van der Waals surface area (Å²) in [6.45, 7) is 4.18. The van der Waals surface area contributed by atoms with Crippen LogP contribution in [0.25, 0.3) is 11.6 Å². The molecule has 0 amide bonds. The number of halogens is 1. The molecule has 0 saturated heterocycles. The Hall–Kier alpha value is -1.21. The quantitative estimate of drug-likeness (QED) is 0.904. The fourth-order valence-electron chi connectivity index (χ4n) is 2.17. The van der Waals surface area contributed by atoms with Gasteiger partial charge in [0, 0.05) is 0 Å². The summed E-state index contributed by atoms with van der Waals surface area (Å²) in [4.78, 5) is 4.39. The predicted octanol–water partition coefficient (Wildman–Crippen LogP) is 2.68. The van der Waals surface area contributed by atoms with Crippen molar-refractivity contribution in [1.29, 1.82) is 0 Å². The minimum absolute atomic E-state index is 0.338. The second-order valence-corrected chi connectivity index (χ2v) is 6.18. The van der Waals surface area contributed by atoms with Gasteiger partial charge >= 0.3 is 0 Å². The molecule has 3 rings (SSSR count). The monoisotopic (exact) mass is 325 g/mol. The van der Waals surface area contributed by atoms with E-state index >= 15 is 0 Å². The standard InChI is InChI=1S/C12H16BrN5O/c1-6(2)8-7(13)9(17-16-8)10-15-11(18-19-10)12(14)4-3-5-12/h6H,3-5,14H2,1-2H3,(H,16,17). The molecule has 0 bridgehead atoms. The summed E-state index contributed by atoms with van der Waals surface area (Å²) in [6.07, 6.45) is 2.93. The lowest BCUT2D eigenvalue weighted by Gasteiger charge is -2.34. The van der Waals surface area contributed by atoms with Crippen molar-refractivity contribution in [3.8, 4) is 11.6 Å². The summed E-state index contributed by atoms with van der Waals surface area (Å²) in [5.41, 5.74) is 7.43. The molecule has 1 saturated carbocycles. The van der Waals surface area contributed by atoms with E-state index in [9.17, 15) is 0 Å². The first-order valence-corrected chi connectivity index (χ1v) is 7.18. The van der Waals surface area contributed by atoms with Crippen molar-refractivity contribution >= 4 is 15.9 Å². The molecule has 0 radical (unpaired) electrons. The van der Waals surface area contributed by atoms with Crippen LogP contribution in [0.5, 0.6) is 0 Å². The summed E-state index contributed by atoms with van der Waals surface area (Å²) >= 11 is 3.53. The van der Waals surface area contributed by atoms with E-state index in [0.29, 0.717) is 23.3 Å². The van der Waals surface area contributed by atoms with E-state index < -0.39 is 5.54 Å². The molecule has 3 N–H and O–H groups in total. The van der Waals surface area contributed by atoms with E-state index in [1.54, 1.807) is 0 Å². The molecule has 1 aliphatic carbocycles. The number of rotatable bonds is 3. The molecule has 1 fully saturated rings. The second kappa shape index (κ2) is 4.42. The maximum atomic E-state index is 6.18. The Bertz CT molecular complexity index is 599. The van der Waals surface area contributed by atoms with E-state index in [1.165, 1.54) is 0 Å². The van der Waals surface area contributed by atoms with Crippen LogP contribution < -0.4 is 5.73 Å². The lowest BCUT2D eigenvalue weighted by Crippen LogP contribution is -2.44. The molecule has 7 heteroatoms. The molecule has 0 spiro atoms. The smallest absolute Gasteiger partial charge is 0.279 e. The Kier molecular flexibility index (Phi) is 2.98. The summed E-state index contributed by atoms with van der Waals surface area (Å²) in [6, 6.07) is 0. The highest BCUT2D eigenvalue weighted by atomic mass is 79.9. The van der Waals surface area contributed by atoms with Gasteiger partial charge in [-0.25, -0.2) is 0 Å². The van der Waals surface area contributed by atoms with Crippen LogP contribution in [0.3, 0.4) is 0 Å². The van der Waals surface area contributed by atoms with Crippen molar-refractivity contribution < 1.29 is 4.52 Å². The normalized spacial score (nSPS) is 17.7. The van der Waals surface area contributed by atoms with Gasteiger partial charge in [0.15, 0.2) is 11.5 Å². The van der Waals surface area contributed by atoms with E-state index in [2.05, 4.69) is 50.1 Å². The van der Waals surface area contributed by atoms with Gasteiger partial charge in [-0.05, 0) is 41.1 Å². The molecule has 2 aromatic rings. The Morgan fingerprint density at radius 1 is 1.42 bits per heavy atom. The molecule has 0 unspecified atom stereocenters. The predicted molar refractivity (Wildman–Crippen MR) is 73.4 cm³/mol. The fraction of sp³-hybridized carbons (Fsp3) is 0.583. The summed E-state index contributed by atoms with van der Waals surface area (Å²) < 4.78 is 6.17. The maximum absolute atomic E-state index is 6.18. The number of H-pyrrole nitrogens is 1. The van der Waals surface area contributed by atoms with Gasteiger partial charge < -0.3 is 10.3 Å². The van der Waals surface area contributed by atoms with Gasteiger partial charge in [0.05, 0.1) is 15.7 Å². The first-order chi connectivity index (χ1) is 9.01. The minimum atomic E-state index is -0.411. The average Bonchev–Trinajstić information content (AvgIpc) is 2.92. The minimum Gasteiger partial charge on any atom is -0.332 e. The van der Waals surface area contributed by atoms with Crippen LogP contribution in [0.15, 0.2) is 9.00 Å². The van der Waals surface area contributed by atoms with E-state index in [0.717, 1.165) is 29.4 Å². The SMILES string of the molecule is CC(C)c1[nH]nc(-c2nc(C3(N)CCC3)no2)c1Br. The molecule has 6 nitrogen and oxygen atoms in total. The Morgan fingerprint density at radius 2 is 2.16 bits per heavy atom. The summed E-state index contributed by atoms with van der Waals surface area (Å²) in [7, 11) is 0. The van der Waals surface area contributed by atoms with Gasteiger partial charge in [0.25, 0.3) is 5.89 Å². The molecule has 1 aliphatic rings. The van der Waals surface area contributed by atoms with Crippen LogP contribution >= 0.6 is 15.9 Å². The van der Waals surface area contributed by atoms with Crippen LogP contribution in [0.1, 0.15) is 50.5 Å². The third-order valence-electron chi connectivity index (χ3n) is 3.63. The van der Waals surface area contributed by atoms with Crippen LogP contribution in [-0.2, 0) is 5.54 Å². The molecule has 0 atom stereocenters. The van der Waals surface area contributed by atoms with E-state index in [4.69, 9.17) is 10.3 Å². The van der Waals surface area contributed by atoms with Gasteiger partial charge in [0.2, 0.25) is 0 Å². The topological polar surface area (TPSA) is 93.6 Å². The van der Waals surface area contributed by atoms with Crippen LogP contribution in [-0.4, -0.2) is 20.3 Å². The zero-order valence-electron chi connectivity index (χ0n) is 10.9.